The zero-order valence-electron chi connectivity index (χ0n) is 19.7. The van der Waals surface area contributed by atoms with Crippen molar-refractivity contribution in [3.05, 3.63) is 36.4 Å². The maximum atomic E-state index is 13.3. The van der Waals surface area contributed by atoms with Gasteiger partial charge in [-0.2, -0.15) is 4.31 Å². The van der Waals surface area contributed by atoms with E-state index in [9.17, 15) is 21.6 Å². The van der Waals surface area contributed by atoms with Crippen molar-refractivity contribution in [2.75, 3.05) is 43.5 Å². The molecular weight excluding hydrogens is 494 g/mol. The molecule has 0 radical (unpaired) electrons. The molecule has 2 aliphatic heterocycles. The second kappa shape index (κ2) is 10.0. The average molecular weight is 524 g/mol. The Kier molecular flexibility index (Phi) is 7.25. The van der Waals surface area contributed by atoms with Crippen LogP contribution >= 0.6 is 0 Å². The van der Waals surface area contributed by atoms with E-state index >= 15 is 0 Å². The zero-order valence-corrected chi connectivity index (χ0v) is 21.3. The summed E-state index contributed by atoms with van der Waals surface area (Å²) in [5.41, 5.74) is 0.456. The Morgan fingerprint density at radius 1 is 0.829 bits per heavy atom. The van der Waals surface area contributed by atoms with Crippen molar-refractivity contribution in [2.24, 2.45) is 0 Å². The number of methoxy groups -OCH3 is 2. The summed E-state index contributed by atoms with van der Waals surface area (Å²) in [6, 6.07) is 8.40. The molecule has 0 atom stereocenters. The molecule has 1 amide bonds. The van der Waals surface area contributed by atoms with Crippen LogP contribution < -0.4 is 19.1 Å². The Morgan fingerprint density at radius 2 is 1.51 bits per heavy atom. The fourth-order valence-electron chi connectivity index (χ4n) is 4.35. The number of carbonyl (C=O) groups excluding carboxylic acids is 1. The molecule has 2 aliphatic rings. The first-order valence-electron chi connectivity index (χ1n) is 11.4. The lowest BCUT2D eigenvalue weighted by molar-refractivity contribution is -0.117. The van der Waals surface area contributed by atoms with Crippen LogP contribution in [0.3, 0.4) is 0 Å². The maximum absolute atomic E-state index is 13.3. The van der Waals surface area contributed by atoms with E-state index in [0.717, 1.165) is 19.3 Å². The van der Waals surface area contributed by atoms with Crippen molar-refractivity contribution in [3.8, 4) is 11.5 Å². The van der Waals surface area contributed by atoms with Gasteiger partial charge in [0.15, 0.2) is 0 Å². The van der Waals surface area contributed by atoms with E-state index in [4.69, 9.17) is 9.47 Å². The Bertz CT molecular complexity index is 1320. The van der Waals surface area contributed by atoms with Gasteiger partial charge in [-0.25, -0.2) is 16.8 Å². The number of hydrogen-bond acceptors (Lipinski definition) is 7. The summed E-state index contributed by atoms with van der Waals surface area (Å²) in [7, 11) is -5.16. The van der Waals surface area contributed by atoms with Crippen molar-refractivity contribution in [1.29, 1.82) is 0 Å². The molecule has 0 bridgehead atoms. The number of nitrogens with zero attached hydrogens (tertiary/aromatic N) is 2. The number of piperidine rings is 1. The number of sulfonamides is 2. The van der Waals surface area contributed by atoms with Gasteiger partial charge in [-0.1, -0.05) is 6.42 Å². The average Bonchev–Trinajstić information content (AvgIpc) is 3.29. The maximum Gasteiger partial charge on any atom is 0.261 e. The van der Waals surface area contributed by atoms with Gasteiger partial charge in [-0.3, -0.25) is 9.52 Å². The highest BCUT2D eigenvalue weighted by atomic mass is 32.2. The predicted octanol–water partition coefficient (Wildman–Crippen LogP) is 2.81. The van der Waals surface area contributed by atoms with Crippen molar-refractivity contribution >= 4 is 37.3 Å². The fourth-order valence-corrected chi connectivity index (χ4v) is 7.12. The Hall–Kier alpha value is -2.83. The van der Waals surface area contributed by atoms with Crippen LogP contribution in [-0.2, 0) is 24.8 Å². The van der Waals surface area contributed by atoms with E-state index in [0.29, 0.717) is 43.9 Å². The number of ether oxygens (including phenoxy) is 2. The van der Waals surface area contributed by atoms with Gasteiger partial charge < -0.3 is 14.4 Å². The quantitative estimate of drug-likeness (QED) is 0.565. The molecule has 35 heavy (non-hydrogen) atoms. The smallest absolute Gasteiger partial charge is 0.261 e. The molecule has 1 N–H and O–H groups in total. The summed E-state index contributed by atoms with van der Waals surface area (Å²) in [6.45, 7) is 1.29. The standard InChI is InChI=1S/C23H29N3O7S2/c1-32-20-11-9-18(16-19(20)26-14-6-7-23(26)27)34(28,29)24-17-8-10-21(33-2)22(15-17)35(30,31)25-12-4-3-5-13-25/h8-11,15-16,24H,3-7,12-14H2,1-2H3. The second-order valence-electron chi connectivity index (χ2n) is 8.42. The van der Waals surface area contributed by atoms with Gasteiger partial charge in [0, 0.05) is 26.1 Å². The largest absolute Gasteiger partial charge is 0.495 e. The van der Waals surface area contributed by atoms with Gasteiger partial charge >= 0.3 is 0 Å². The molecule has 190 valence electrons. The molecule has 2 saturated heterocycles. The molecule has 0 spiro atoms. The fraction of sp³-hybridized carbons (Fsp3) is 0.435. The number of rotatable bonds is 8. The Labute approximate surface area is 205 Å². The number of anilines is 2. The third-order valence-electron chi connectivity index (χ3n) is 6.17. The van der Waals surface area contributed by atoms with Crippen molar-refractivity contribution < 1.29 is 31.1 Å². The lowest BCUT2D eigenvalue weighted by Crippen LogP contribution is -2.35. The predicted molar refractivity (Wildman–Crippen MR) is 131 cm³/mol. The molecular formula is C23H29N3O7S2. The summed E-state index contributed by atoms with van der Waals surface area (Å²) in [5.74, 6) is 0.421. The normalized spacial score (nSPS) is 17.4. The lowest BCUT2D eigenvalue weighted by atomic mass is 10.2. The highest BCUT2D eigenvalue weighted by Gasteiger charge is 2.30. The number of amides is 1. The molecule has 2 heterocycles. The van der Waals surface area contributed by atoms with Gasteiger partial charge in [0.05, 0.1) is 30.5 Å². The molecule has 0 aliphatic carbocycles. The summed E-state index contributed by atoms with van der Waals surface area (Å²) in [5, 5.41) is 0. The minimum Gasteiger partial charge on any atom is -0.495 e. The van der Waals surface area contributed by atoms with Crippen LogP contribution in [0.15, 0.2) is 46.2 Å². The summed E-state index contributed by atoms with van der Waals surface area (Å²) in [6.07, 6.45) is 3.58. The van der Waals surface area contributed by atoms with Crippen LogP contribution in [0.4, 0.5) is 11.4 Å². The number of carbonyl (C=O) groups is 1. The summed E-state index contributed by atoms with van der Waals surface area (Å²) >= 11 is 0. The van der Waals surface area contributed by atoms with Gasteiger partial charge in [-0.05, 0) is 55.7 Å². The molecule has 0 saturated carbocycles. The molecule has 0 aromatic heterocycles. The van der Waals surface area contributed by atoms with E-state index < -0.39 is 20.0 Å². The minimum absolute atomic E-state index is 0.0794. The first-order valence-corrected chi connectivity index (χ1v) is 14.3. The Balaban J connectivity index is 1.67. The number of benzene rings is 2. The first kappa shape index (κ1) is 25.3. The third-order valence-corrected chi connectivity index (χ3v) is 9.47. The molecule has 2 aromatic carbocycles. The van der Waals surface area contributed by atoms with Crippen molar-refractivity contribution in [3.63, 3.8) is 0 Å². The highest BCUT2D eigenvalue weighted by Crippen LogP contribution is 2.35. The van der Waals surface area contributed by atoms with Crippen LogP contribution in [0.5, 0.6) is 11.5 Å². The third kappa shape index (κ3) is 5.09. The van der Waals surface area contributed by atoms with Crippen LogP contribution in [0.1, 0.15) is 32.1 Å². The minimum atomic E-state index is -4.11. The van der Waals surface area contributed by atoms with E-state index in [1.807, 2.05) is 0 Å². The van der Waals surface area contributed by atoms with Gasteiger partial charge in [0.1, 0.15) is 16.4 Å². The topological polar surface area (TPSA) is 122 Å². The van der Waals surface area contributed by atoms with E-state index in [-0.39, 0.29) is 27.1 Å². The van der Waals surface area contributed by atoms with Crippen molar-refractivity contribution in [1.82, 2.24) is 4.31 Å². The Morgan fingerprint density at radius 3 is 2.14 bits per heavy atom. The monoisotopic (exact) mass is 523 g/mol. The summed E-state index contributed by atoms with van der Waals surface area (Å²) in [4.78, 5) is 13.6. The molecule has 2 fully saturated rings. The summed E-state index contributed by atoms with van der Waals surface area (Å²) < 4.78 is 67.4. The number of nitrogens with one attached hydrogen (secondary N) is 1. The van der Waals surface area contributed by atoms with E-state index in [1.165, 1.54) is 59.8 Å². The van der Waals surface area contributed by atoms with Crippen LogP contribution in [0.25, 0.3) is 0 Å². The van der Waals surface area contributed by atoms with Crippen molar-refractivity contribution in [2.45, 2.75) is 41.9 Å². The van der Waals surface area contributed by atoms with Crippen LogP contribution in [0, 0.1) is 0 Å². The van der Waals surface area contributed by atoms with E-state index in [1.54, 1.807) is 0 Å². The molecule has 4 rings (SSSR count). The van der Waals surface area contributed by atoms with Gasteiger partial charge in [-0.15, -0.1) is 0 Å². The zero-order chi connectivity index (χ0) is 25.2. The van der Waals surface area contributed by atoms with Crippen LogP contribution in [0.2, 0.25) is 0 Å². The first-order chi connectivity index (χ1) is 16.7. The SMILES string of the molecule is COc1ccc(S(=O)(=O)Nc2ccc(OC)c(S(=O)(=O)N3CCCCC3)c2)cc1N1CCCC1=O. The molecule has 2 aromatic rings. The molecule has 10 nitrogen and oxygen atoms in total. The molecule has 0 unspecified atom stereocenters. The van der Waals surface area contributed by atoms with Crippen LogP contribution in [-0.4, -0.2) is 60.9 Å². The van der Waals surface area contributed by atoms with Gasteiger partial charge in [0.2, 0.25) is 15.9 Å². The number of hydrogen-bond donors (Lipinski definition) is 1. The molecule has 12 heteroatoms. The van der Waals surface area contributed by atoms with E-state index in [2.05, 4.69) is 4.72 Å². The second-order valence-corrected chi connectivity index (χ2v) is 12.0. The van der Waals surface area contributed by atoms with Gasteiger partial charge in [0.25, 0.3) is 10.0 Å². The lowest BCUT2D eigenvalue weighted by Gasteiger charge is -2.26. The highest BCUT2D eigenvalue weighted by molar-refractivity contribution is 7.92.